The van der Waals surface area contributed by atoms with Crippen LogP contribution in [0.5, 0.6) is 11.5 Å². The van der Waals surface area contributed by atoms with E-state index in [-0.39, 0.29) is 23.3 Å². The van der Waals surface area contributed by atoms with Crippen LogP contribution in [0.4, 0.5) is 0 Å². The maximum absolute atomic E-state index is 12.9. The quantitative estimate of drug-likeness (QED) is 0.869. The second kappa shape index (κ2) is 5.88. The predicted molar refractivity (Wildman–Crippen MR) is 92.4 cm³/mol. The predicted octanol–water partition coefficient (Wildman–Crippen LogP) is 1.61. The molecular formula is C19H26N2O4. The molecule has 1 aliphatic carbocycles. The zero-order chi connectivity index (χ0) is 17.7. The summed E-state index contributed by atoms with van der Waals surface area (Å²) in [6.07, 6.45) is 1.99. The minimum atomic E-state index is -0.883. The van der Waals surface area contributed by atoms with Gasteiger partial charge in [0.15, 0.2) is 11.5 Å². The lowest BCUT2D eigenvalue weighted by atomic mass is 9.46. The van der Waals surface area contributed by atoms with Crippen molar-refractivity contribution in [3.05, 3.63) is 23.8 Å². The van der Waals surface area contributed by atoms with Gasteiger partial charge < -0.3 is 25.3 Å². The molecule has 1 aromatic rings. The lowest BCUT2D eigenvalue weighted by Crippen LogP contribution is -2.82. The number of fused-ring (bicyclic) bond motifs is 2. The Hall–Kier alpha value is -1.79. The molecular weight excluding hydrogens is 320 g/mol. The number of hydrogen-bond donors (Lipinski definition) is 2. The second-order valence-electron chi connectivity index (χ2n) is 7.79. The first-order valence-corrected chi connectivity index (χ1v) is 9.02. The van der Waals surface area contributed by atoms with Gasteiger partial charge in [-0.1, -0.05) is 19.9 Å². The molecule has 1 aromatic carbocycles. The minimum Gasteiger partial charge on any atom is -0.486 e. The molecule has 3 aliphatic rings. The van der Waals surface area contributed by atoms with E-state index < -0.39 is 5.54 Å². The molecule has 3 unspecified atom stereocenters. The number of nitrogens with one attached hydrogen (secondary N) is 1. The van der Waals surface area contributed by atoms with E-state index in [1.165, 1.54) is 0 Å². The summed E-state index contributed by atoms with van der Waals surface area (Å²) >= 11 is 0. The third-order valence-electron chi connectivity index (χ3n) is 6.12. The van der Waals surface area contributed by atoms with Crippen molar-refractivity contribution in [2.24, 2.45) is 17.1 Å². The standard InChI is InChI=1S/C19H26N2O4/c1-18(2)16-13(4-3-7-25-16)19(18,20)17(22)21-11-12-5-6-14-15(10-12)24-9-8-23-14/h5-6,10,13,16H,3-4,7-9,11,20H2,1-2H3,(H,21,22). The molecule has 6 nitrogen and oxygen atoms in total. The molecule has 1 saturated heterocycles. The van der Waals surface area contributed by atoms with Gasteiger partial charge >= 0.3 is 0 Å². The van der Waals surface area contributed by atoms with Crippen molar-refractivity contribution in [2.75, 3.05) is 19.8 Å². The second-order valence-corrected chi connectivity index (χ2v) is 7.79. The van der Waals surface area contributed by atoms with Crippen LogP contribution in [0.3, 0.4) is 0 Å². The maximum atomic E-state index is 12.9. The van der Waals surface area contributed by atoms with Gasteiger partial charge in [0.25, 0.3) is 0 Å². The molecule has 1 amide bonds. The molecule has 0 aromatic heterocycles. The van der Waals surface area contributed by atoms with Gasteiger partial charge in [0.2, 0.25) is 5.91 Å². The van der Waals surface area contributed by atoms with E-state index in [4.69, 9.17) is 19.9 Å². The van der Waals surface area contributed by atoms with E-state index in [0.29, 0.717) is 19.8 Å². The first kappa shape index (κ1) is 16.7. The maximum Gasteiger partial charge on any atom is 0.241 e. The van der Waals surface area contributed by atoms with Crippen LogP contribution in [0.1, 0.15) is 32.3 Å². The van der Waals surface area contributed by atoms with E-state index >= 15 is 0 Å². The monoisotopic (exact) mass is 346 g/mol. The van der Waals surface area contributed by atoms with Gasteiger partial charge in [0, 0.05) is 24.5 Å². The van der Waals surface area contributed by atoms with Crippen LogP contribution in [-0.4, -0.2) is 37.4 Å². The Kier molecular flexibility index (Phi) is 3.92. The molecule has 0 spiro atoms. The number of nitrogens with two attached hydrogens (primary N) is 1. The Labute approximate surface area is 148 Å². The summed E-state index contributed by atoms with van der Waals surface area (Å²) in [5.41, 5.74) is 6.34. The number of amides is 1. The fourth-order valence-electron chi connectivity index (χ4n) is 4.56. The minimum absolute atomic E-state index is 0.0753. The Morgan fingerprint density at radius 1 is 1.24 bits per heavy atom. The van der Waals surface area contributed by atoms with Crippen molar-refractivity contribution >= 4 is 5.91 Å². The smallest absolute Gasteiger partial charge is 0.241 e. The van der Waals surface area contributed by atoms with Crippen molar-refractivity contribution in [3.8, 4) is 11.5 Å². The van der Waals surface area contributed by atoms with Crippen LogP contribution < -0.4 is 20.5 Å². The van der Waals surface area contributed by atoms with E-state index in [9.17, 15) is 4.79 Å². The Bertz CT molecular complexity index is 690. The molecule has 0 bridgehead atoms. The van der Waals surface area contributed by atoms with Crippen LogP contribution in [0.15, 0.2) is 18.2 Å². The van der Waals surface area contributed by atoms with E-state index in [1.54, 1.807) is 0 Å². The number of benzene rings is 1. The summed E-state index contributed by atoms with van der Waals surface area (Å²) in [4.78, 5) is 12.9. The van der Waals surface area contributed by atoms with E-state index in [0.717, 1.165) is 36.5 Å². The number of hydrogen-bond acceptors (Lipinski definition) is 5. The summed E-state index contributed by atoms with van der Waals surface area (Å²) in [7, 11) is 0. The van der Waals surface area contributed by atoms with Crippen LogP contribution in [-0.2, 0) is 16.1 Å². The molecule has 25 heavy (non-hydrogen) atoms. The summed E-state index contributed by atoms with van der Waals surface area (Å²) in [5.74, 6) is 1.47. The number of ether oxygens (including phenoxy) is 3. The zero-order valence-electron chi connectivity index (χ0n) is 14.8. The third-order valence-corrected chi connectivity index (χ3v) is 6.12. The Morgan fingerprint density at radius 3 is 2.80 bits per heavy atom. The first-order valence-electron chi connectivity index (χ1n) is 9.02. The van der Waals surface area contributed by atoms with Gasteiger partial charge in [-0.05, 0) is 30.5 Å². The molecule has 1 saturated carbocycles. The number of carbonyl (C=O) groups excluding carboxylic acids is 1. The van der Waals surface area contributed by atoms with Gasteiger partial charge in [-0.25, -0.2) is 0 Å². The SMILES string of the molecule is CC1(C)C2OCCCC2C1(N)C(=O)NCc1ccc2c(c1)OCCO2. The van der Waals surface area contributed by atoms with Crippen molar-refractivity contribution in [2.45, 2.75) is 44.9 Å². The van der Waals surface area contributed by atoms with Crippen LogP contribution >= 0.6 is 0 Å². The lowest BCUT2D eigenvalue weighted by molar-refractivity contribution is -0.225. The van der Waals surface area contributed by atoms with Crippen molar-refractivity contribution < 1.29 is 19.0 Å². The number of carbonyl (C=O) groups is 1. The van der Waals surface area contributed by atoms with E-state index in [2.05, 4.69) is 5.32 Å². The summed E-state index contributed by atoms with van der Waals surface area (Å²) in [6.45, 7) is 6.36. The molecule has 3 N–H and O–H groups in total. The molecule has 0 radical (unpaired) electrons. The fraction of sp³-hybridized carbons (Fsp3) is 0.632. The van der Waals surface area contributed by atoms with Crippen molar-refractivity contribution in [1.29, 1.82) is 0 Å². The molecule has 2 aliphatic heterocycles. The number of rotatable bonds is 3. The van der Waals surface area contributed by atoms with Gasteiger partial charge in [-0.3, -0.25) is 4.79 Å². The highest BCUT2D eigenvalue weighted by atomic mass is 16.6. The fourth-order valence-corrected chi connectivity index (χ4v) is 4.56. The first-order chi connectivity index (χ1) is 11.9. The molecule has 2 fully saturated rings. The van der Waals surface area contributed by atoms with Gasteiger partial charge in [0.1, 0.15) is 18.8 Å². The average molecular weight is 346 g/mol. The molecule has 136 valence electrons. The van der Waals surface area contributed by atoms with Crippen LogP contribution in [0.2, 0.25) is 0 Å². The highest BCUT2D eigenvalue weighted by molar-refractivity contribution is 5.89. The third kappa shape index (κ3) is 2.42. The highest BCUT2D eigenvalue weighted by Gasteiger charge is 2.70. The average Bonchev–Trinajstić information content (AvgIpc) is 2.65. The van der Waals surface area contributed by atoms with E-state index in [1.807, 2.05) is 32.0 Å². The summed E-state index contributed by atoms with van der Waals surface area (Å²) < 4.78 is 17.0. The summed E-state index contributed by atoms with van der Waals surface area (Å²) in [6, 6.07) is 5.73. The Balaban J connectivity index is 1.45. The van der Waals surface area contributed by atoms with Gasteiger partial charge in [-0.15, -0.1) is 0 Å². The van der Waals surface area contributed by atoms with Crippen molar-refractivity contribution in [3.63, 3.8) is 0 Å². The highest BCUT2D eigenvalue weighted by Crippen LogP contribution is 2.57. The van der Waals surface area contributed by atoms with Gasteiger partial charge in [-0.2, -0.15) is 0 Å². The Morgan fingerprint density at radius 2 is 2.00 bits per heavy atom. The van der Waals surface area contributed by atoms with Crippen LogP contribution in [0.25, 0.3) is 0 Å². The molecule has 3 atom stereocenters. The zero-order valence-corrected chi connectivity index (χ0v) is 14.8. The van der Waals surface area contributed by atoms with Gasteiger partial charge in [0.05, 0.1) is 6.10 Å². The molecule has 2 heterocycles. The topological polar surface area (TPSA) is 82.8 Å². The molecule has 4 rings (SSSR count). The van der Waals surface area contributed by atoms with Crippen LogP contribution in [0, 0.1) is 11.3 Å². The lowest BCUT2D eigenvalue weighted by Gasteiger charge is -2.65. The molecule has 6 heteroatoms. The summed E-state index contributed by atoms with van der Waals surface area (Å²) in [5, 5.41) is 3.02. The largest absolute Gasteiger partial charge is 0.486 e. The normalized spacial score (nSPS) is 32.3. The van der Waals surface area contributed by atoms with Crippen molar-refractivity contribution in [1.82, 2.24) is 5.32 Å².